The lowest BCUT2D eigenvalue weighted by atomic mass is 9.92. The van der Waals surface area contributed by atoms with Crippen LogP contribution < -0.4 is 10.1 Å². The molecule has 4 aromatic carbocycles. The minimum atomic E-state index is -0.826. The van der Waals surface area contributed by atoms with Crippen molar-refractivity contribution >= 4 is 53.0 Å². The van der Waals surface area contributed by atoms with Gasteiger partial charge < -0.3 is 20.1 Å². The van der Waals surface area contributed by atoms with Crippen LogP contribution in [0.3, 0.4) is 0 Å². The number of hydrogen-bond acceptors (Lipinski definition) is 5. The second-order valence-electron chi connectivity index (χ2n) is 10.6. The fourth-order valence-corrected chi connectivity index (χ4v) is 5.29. The van der Waals surface area contributed by atoms with Gasteiger partial charge in [-0.2, -0.15) is 0 Å². The predicted octanol–water partition coefficient (Wildman–Crippen LogP) is 6.82. The molecule has 0 spiro atoms. The number of halogens is 2. The Morgan fingerprint density at radius 2 is 1.74 bits per heavy atom. The standard InChI is InChI=1S/C21H23NO3.C14H14N2.2ClH/c1-22(2)11-5-8-18-17-7-4-3-6-16(17)14-25-20-10-9-15(12-19(18)20)13-21(23)24;1-2-7-13-11(4-1)5-3-6-12(13)10-14-15-8-9-16-14;;/h3-4,6-10,12H,5,11,13-14H2,1-2H3,(H,23,24);1-7H,8-10H2,(H,15,16);2*1H/b18-8-;;;. The number of aliphatic carboxylic acids is 1. The lowest BCUT2D eigenvalue weighted by Crippen LogP contribution is -2.20. The molecule has 0 fully saturated rings. The molecule has 6 nitrogen and oxygen atoms in total. The van der Waals surface area contributed by atoms with Gasteiger partial charge in [0.15, 0.2) is 0 Å². The van der Waals surface area contributed by atoms with E-state index in [2.05, 4.69) is 90.0 Å². The summed E-state index contributed by atoms with van der Waals surface area (Å²) in [6.07, 6.45) is 4.08. The Bertz CT molecular complexity index is 1600. The molecular formula is C35H39Cl2N3O3. The molecule has 2 N–H and O–H groups in total. The highest BCUT2D eigenvalue weighted by molar-refractivity contribution is 5.92. The average Bonchev–Trinajstić information content (AvgIpc) is 3.43. The molecular weight excluding hydrogens is 581 g/mol. The van der Waals surface area contributed by atoms with E-state index in [9.17, 15) is 4.79 Å². The summed E-state index contributed by atoms with van der Waals surface area (Å²) in [5, 5.41) is 15.1. The maximum atomic E-state index is 11.1. The lowest BCUT2D eigenvalue weighted by Gasteiger charge is -2.13. The van der Waals surface area contributed by atoms with Gasteiger partial charge in [-0.1, -0.05) is 78.9 Å². The molecule has 0 aromatic heterocycles. The van der Waals surface area contributed by atoms with Crippen molar-refractivity contribution in [3.8, 4) is 5.75 Å². The Balaban J connectivity index is 0.000000244. The van der Waals surface area contributed by atoms with Crippen LogP contribution in [0.2, 0.25) is 0 Å². The molecule has 6 rings (SSSR count). The van der Waals surface area contributed by atoms with Crippen molar-refractivity contribution in [1.29, 1.82) is 0 Å². The number of carbonyl (C=O) groups is 1. The van der Waals surface area contributed by atoms with E-state index in [-0.39, 0.29) is 31.2 Å². The number of fused-ring (bicyclic) bond motifs is 3. The van der Waals surface area contributed by atoms with Gasteiger partial charge in [-0.3, -0.25) is 9.79 Å². The first-order valence-electron chi connectivity index (χ1n) is 14.1. The number of carboxylic acids is 1. The molecule has 0 unspecified atom stereocenters. The molecule has 2 aliphatic rings. The fourth-order valence-electron chi connectivity index (χ4n) is 5.29. The summed E-state index contributed by atoms with van der Waals surface area (Å²) >= 11 is 0. The zero-order chi connectivity index (χ0) is 28.6. The Morgan fingerprint density at radius 3 is 2.51 bits per heavy atom. The van der Waals surface area contributed by atoms with Crippen molar-refractivity contribution in [3.63, 3.8) is 0 Å². The number of hydrogen-bond donors (Lipinski definition) is 2. The van der Waals surface area contributed by atoms with E-state index < -0.39 is 5.97 Å². The van der Waals surface area contributed by atoms with E-state index in [0.717, 1.165) is 71.9 Å². The molecule has 226 valence electrons. The normalized spacial score (nSPS) is 14.0. The number of nitrogens with one attached hydrogen (secondary N) is 1. The molecule has 8 heteroatoms. The first-order chi connectivity index (χ1) is 20.0. The van der Waals surface area contributed by atoms with Crippen LogP contribution in [0.4, 0.5) is 0 Å². The number of benzene rings is 4. The quantitative estimate of drug-likeness (QED) is 0.237. The zero-order valence-electron chi connectivity index (χ0n) is 24.6. The molecule has 2 heterocycles. The molecule has 0 aliphatic carbocycles. The third-order valence-electron chi connectivity index (χ3n) is 7.29. The molecule has 0 saturated heterocycles. The molecule has 0 atom stereocenters. The number of nitrogens with zero attached hydrogens (tertiary/aromatic N) is 2. The van der Waals surface area contributed by atoms with Crippen LogP contribution in [-0.4, -0.2) is 55.5 Å². The summed E-state index contributed by atoms with van der Waals surface area (Å²) in [6, 6.07) is 28.9. The Hall–Kier alpha value is -3.84. The van der Waals surface area contributed by atoms with Crippen molar-refractivity contribution in [2.75, 3.05) is 33.7 Å². The van der Waals surface area contributed by atoms with Crippen LogP contribution in [0.25, 0.3) is 16.3 Å². The molecule has 0 bridgehead atoms. The maximum Gasteiger partial charge on any atom is 0.307 e. The minimum absolute atomic E-state index is 0. The van der Waals surface area contributed by atoms with Crippen molar-refractivity contribution in [2.45, 2.75) is 25.9 Å². The van der Waals surface area contributed by atoms with Gasteiger partial charge in [0, 0.05) is 25.1 Å². The summed E-state index contributed by atoms with van der Waals surface area (Å²) in [5.41, 5.74) is 6.54. The van der Waals surface area contributed by atoms with Crippen LogP contribution in [-0.2, 0) is 24.2 Å². The fraction of sp³-hybridized carbons (Fsp3) is 0.257. The van der Waals surface area contributed by atoms with E-state index in [1.165, 1.54) is 16.3 Å². The third-order valence-corrected chi connectivity index (χ3v) is 7.29. The average molecular weight is 621 g/mol. The predicted molar refractivity (Wildman–Crippen MR) is 181 cm³/mol. The molecule has 2 aliphatic heterocycles. The van der Waals surface area contributed by atoms with Crippen LogP contribution in [0.1, 0.15) is 34.2 Å². The van der Waals surface area contributed by atoms with Crippen molar-refractivity contribution in [3.05, 3.63) is 119 Å². The van der Waals surface area contributed by atoms with Gasteiger partial charge in [-0.05, 0) is 71.2 Å². The number of aliphatic imine (C=N–C) groups is 1. The molecule has 0 radical (unpaired) electrons. The summed E-state index contributed by atoms with van der Waals surface area (Å²) in [7, 11) is 4.11. The lowest BCUT2D eigenvalue weighted by molar-refractivity contribution is -0.136. The van der Waals surface area contributed by atoms with E-state index >= 15 is 0 Å². The molecule has 4 aromatic rings. The number of amidine groups is 1. The van der Waals surface area contributed by atoms with Gasteiger partial charge in [0.25, 0.3) is 0 Å². The van der Waals surface area contributed by atoms with E-state index in [1.54, 1.807) is 0 Å². The highest BCUT2D eigenvalue weighted by Gasteiger charge is 2.19. The summed E-state index contributed by atoms with van der Waals surface area (Å²) in [6.45, 7) is 3.38. The van der Waals surface area contributed by atoms with E-state index in [0.29, 0.717) is 6.61 Å². The van der Waals surface area contributed by atoms with Gasteiger partial charge in [-0.15, -0.1) is 24.8 Å². The van der Waals surface area contributed by atoms with Crippen molar-refractivity contribution in [1.82, 2.24) is 10.2 Å². The van der Waals surface area contributed by atoms with Gasteiger partial charge >= 0.3 is 5.97 Å². The Kier molecular flexibility index (Phi) is 12.6. The summed E-state index contributed by atoms with van der Waals surface area (Å²) in [5.74, 6) is 1.10. The highest BCUT2D eigenvalue weighted by atomic mass is 35.5. The highest BCUT2D eigenvalue weighted by Crippen LogP contribution is 2.37. The first kappa shape index (κ1) is 33.7. The van der Waals surface area contributed by atoms with Gasteiger partial charge in [0.05, 0.1) is 13.0 Å². The summed E-state index contributed by atoms with van der Waals surface area (Å²) < 4.78 is 5.99. The smallest absolute Gasteiger partial charge is 0.307 e. The van der Waals surface area contributed by atoms with Crippen molar-refractivity contribution < 1.29 is 14.6 Å². The van der Waals surface area contributed by atoms with Gasteiger partial charge in [-0.25, -0.2) is 0 Å². The van der Waals surface area contributed by atoms with E-state index in [1.807, 2.05) is 30.3 Å². The van der Waals surface area contributed by atoms with Crippen LogP contribution in [0.5, 0.6) is 5.75 Å². The third kappa shape index (κ3) is 8.83. The van der Waals surface area contributed by atoms with Crippen molar-refractivity contribution in [2.24, 2.45) is 4.99 Å². The monoisotopic (exact) mass is 619 g/mol. The second kappa shape index (κ2) is 16.1. The largest absolute Gasteiger partial charge is 0.488 e. The molecule has 43 heavy (non-hydrogen) atoms. The maximum absolute atomic E-state index is 11.1. The van der Waals surface area contributed by atoms with Gasteiger partial charge in [0.1, 0.15) is 18.2 Å². The second-order valence-corrected chi connectivity index (χ2v) is 10.6. The Morgan fingerprint density at radius 1 is 0.977 bits per heavy atom. The van der Waals surface area contributed by atoms with Crippen LogP contribution >= 0.6 is 24.8 Å². The minimum Gasteiger partial charge on any atom is -0.488 e. The Labute approximate surface area is 266 Å². The van der Waals surface area contributed by atoms with Gasteiger partial charge in [0.2, 0.25) is 0 Å². The number of carboxylic acid groups (broad SMARTS) is 1. The molecule has 0 amide bonds. The summed E-state index contributed by atoms with van der Waals surface area (Å²) in [4.78, 5) is 17.7. The number of ether oxygens (including phenoxy) is 1. The SMILES string of the molecule is CN(C)CC/C=C1/c2ccccc2COc2ccc(CC(=O)O)cc21.Cl.Cl.c1ccc2c(CC3=NCCN3)cccc2c1. The zero-order valence-corrected chi connectivity index (χ0v) is 26.2. The first-order valence-corrected chi connectivity index (χ1v) is 14.1. The number of rotatable bonds is 7. The molecule has 0 saturated carbocycles. The van der Waals surface area contributed by atoms with Crippen LogP contribution in [0.15, 0.2) is 96.0 Å². The van der Waals surface area contributed by atoms with Crippen LogP contribution in [0, 0.1) is 0 Å². The van der Waals surface area contributed by atoms with E-state index in [4.69, 9.17) is 9.84 Å². The topological polar surface area (TPSA) is 74.2 Å².